The van der Waals surface area contributed by atoms with Crippen molar-refractivity contribution < 1.29 is 0 Å². The van der Waals surface area contributed by atoms with E-state index >= 15 is 0 Å². The van der Waals surface area contributed by atoms with E-state index in [4.69, 9.17) is 0 Å². The van der Waals surface area contributed by atoms with Crippen LogP contribution in [0.5, 0.6) is 0 Å². The maximum absolute atomic E-state index is 2.33. The molecule has 0 aliphatic heterocycles. The number of hydrogen-bond acceptors (Lipinski definition) is 4. The van der Waals surface area contributed by atoms with Crippen LogP contribution in [0.1, 0.15) is 0 Å². The van der Waals surface area contributed by atoms with Crippen LogP contribution in [0.15, 0.2) is 36.4 Å². The highest BCUT2D eigenvalue weighted by atomic mass is 15.2. The number of anilines is 4. The lowest BCUT2D eigenvalue weighted by Gasteiger charge is -2.34. The van der Waals surface area contributed by atoms with Crippen LogP contribution in [0.4, 0.5) is 22.7 Å². The van der Waals surface area contributed by atoms with Crippen molar-refractivity contribution in [2.75, 3.05) is 76.0 Å². The third-order valence-corrected chi connectivity index (χ3v) is 4.86. The van der Waals surface area contributed by atoms with Crippen LogP contribution in [0.3, 0.4) is 0 Å². The van der Waals surface area contributed by atoms with Gasteiger partial charge in [-0.15, -0.1) is 0 Å². The molecule has 0 aromatic heterocycles. The monoisotopic (exact) mass is 350 g/mol. The molecule has 138 valence electrons. The summed E-state index contributed by atoms with van der Waals surface area (Å²) in [6.45, 7) is 0. The largest absolute Gasteiger partial charge is 0.375 e. The van der Waals surface area contributed by atoms with E-state index in [-0.39, 0.29) is 0 Å². The molecule has 0 N–H and O–H groups in total. The normalized spacial score (nSPS) is 11.1. The predicted octanol–water partition coefficient (Wildman–Crippen LogP) is 4.26. The van der Waals surface area contributed by atoms with Crippen LogP contribution in [0.25, 0.3) is 21.5 Å². The Kier molecular flexibility index (Phi) is 4.61. The summed E-state index contributed by atoms with van der Waals surface area (Å²) in [5, 5.41) is 5.11. The van der Waals surface area contributed by atoms with Crippen molar-refractivity contribution in [1.29, 1.82) is 0 Å². The summed E-state index contributed by atoms with van der Waals surface area (Å²) in [6.07, 6.45) is 0. The molecule has 3 aromatic rings. The first-order chi connectivity index (χ1) is 12.2. The van der Waals surface area contributed by atoms with Crippen LogP contribution in [0, 0.1) is 0 Å². The quantitative estimate of drug-likeness (QED) is 0.652. The molecular weight excluding hydrogens is 320 g/mol. The zero-order chi connectivity index (χ0) is 19.2. The fourth-order valence-corrected chi connectivity index (χ4v) is 3.86. The second-order valence-electron chi connectivity index (χ2n) is 7.72. The van der Waals surface area contributed by atoms with Crippen molar-refractivity contribution in [2.45, 2.75) is 0 Å². The third kappa shape index (κ3) is 2.79. The van der Waals surface area contributed by atoms with Crippen LogP contribution in [-0.4, -0.2) is 56.4 Å². The summed E-state index contributed by atoms with van der Waals surface area (Å²) in [4.78, 5) is 8.93. The van der Waals surface area contributed by atoms with Gasteiger partial charge in [0.05, 0.1) is 22.7 Å². The number of fused-ring (bicyclic) bond motifs is 2. The maximum Gasteiger partial charge on any atom is 0.0864 e. The van der Waals surface area contributed by atoms with Gasteiger partial charge in [0, 0.05) is 67.2 Å². The van der Waals surface area contributed by atoms with Crippen molar-refractivity contribution in [3.05, 3.63) is 36.4 Å². The Hall–Kier alpha value is -2.62. The van der Waals surface area contributed by atoms with Gasteiger partial charge in [0.25, 0.3) is 0 Å². The molecule has 3 aromatic carbocycles. The van der Waals surface area contributed by atoms with Gasteiger partial charge in [0.1, 0.15) is 0 Å². The predicted molar refractivity (Wildman–Crippen MR) is 119 cm³/mol. The first-order valence-corrected chi connectivity index (χ1v) is 8.95. The standard InChI is InChI=1S/C22H30N4/c1-23(2)19-17-13-15-11-9-10-12-16(15)14-18(17)20(24(3)4)22(26(7)8)21(19)25(5)6/h9-14H,1-8H3. The summed E-state index contributed by atoms with van der Waals surface area (Å²) in [6, 6.07) is 13.3. The van der Waals surface area contributed by atoms with Gasteiger partial charge in [0.15, 0.2) is 0 Å². The molecule has 0 saturated heterocycles. The molecule has 3 rings (SSSR count). The number of nitrogens with zero attached hydrogens (tertiary/aromatic N) is 4. The minimum atomic E-state index is 1.24. The lowest BCUT2D eigenvalue weighted by atomic mass is 9.96. The topological polar surface area (TPSA) is 13.0 Å². The first kappa shape index (κ1) is 18.2. The SMILES string of the molecule is CN(C)c1c(N(C)C)c(N(C)C)c2cc3ccccc3cc2c1N(C)C. The number of rotatable bonds is 4. The lowest BCUT2D eigenvalue weighted by molar-refractivity contribution is 1.04. The molecule has 4 heteroatoms. The van der Waals surface area contributed by atoms with Crippen molar-refractivity contribution in [3.8, 4) is 0 Å². The van der Waals surface area contributed by atoms with E-state index in [1.54, 1.807) is 0 Å². The molecule has 0 heterocycles. The first-order valence-electron chi connectivity index (χ1n) is 8.95. The summed E-state index contributed by atoms with van der Waals surface area (Å²) in [5.41, 5.74) is 4.99. The van der Waals surface area contributed by atoms with Crippen LogP contribution >= 0.6 is 0 Å². The van der Waals surface area contributed by atoms with E-state index in [1.807, 2.05) is 0 Å². The van der Waals surface area contributed by atoms with Crippen LogP contribution in [-0.2, 0) is 0 Å². The van der Waals surface area contributed by atoms with Gasteiger partial charge in [-0.2, -0.15) is 0 Å². The summed E-state index contributed by atoms with van der Waals surface area (Å²) in [7, 11) is 17.0. The average Bonchev–Trinajstić information content (AvgIpc) is 2.56. The van der Waals surface area contributed by atoms with E-state index in [0.29, 0.717) is 0 Å². The summed E-state index contributed by atoms with van der Waals surface area (Å²) >= 11 is 0. The third-order valence-electron chi connectivity index (χ3n) is 4.86. The zero-order valence-corrected chi connectivity index (χ0v) is 17.3. The lowest BCUT2D eigenvalue weighted by Crippen LogP contribution is -2.24. The van der Waals surface area contributed by atoms with Gasteiger partial charge in [-0.3, -0.25) is 0 Å². The van der Waals surface area contributed by atoms with Crippen LogP contribution < -0.4 is 19.6 Å². The number of hydrogen-bond donors (Lipinski definition) is 0. The fraction of sp³-hybridized carbons (Fsp3) is 0.364. The molecule has 0 atom stereocenters. The second kappa shape index (κ2) is 6.60. The number of benzene rings is 3. The van der Waals surface area contributed by atoms with E-state index in [0.717, 1.165) is 0 Å². The minimum Gasteiger partial charge on any atom is -0.375 e. The van der Waals surface area contributed by atoms with Crippen molar-refractivity contribution >= 4 is 44.3 Å². The summed E-state index contributed by atoms with van der Waals surface area (Å²) in [5.74, 6) is 0. The smallest absolute Gasteiger partial charge is 0.0864 e. The fourth-order valence-electron chi connectivity index (χ4n) is 3.86. The molecule has 0 spiro atoms. The molecule has 0 aliphatic rings. The molecular formula is C22H30N4. The van der Waals surface area contributed by atoms with Gasteiger partial charge in [-0.1, -0.05) is 24.3 Å². The van der Waals surface area contributed by atoms with Crippen molar-refractivity contribution in [2.24, 2.45) is 0 Å². The van der Waals surface area contributed by atoms with Gasteiger partial charge in [-0.25, -0.2) is 0 Å². The average molecular weight is 351 g/mol. The van der Waals surface area contributed by atoms with Gasteiger partial charge < -0.3 is 19.6 Å². The Bertz CT molecular complexity index is 877. The van der Waals surface area contributed by atoms with E-state index < -0.39 is 0 Å². The van der Waals surface area contributed by atoms with Crippen molar-refractivity contribution in [3.63, 3.8) is 0 Å². The highest BCUT2D eigenvalue weighted by Crippen LogP contribution is 2.50. The highest BCUT2D eigenvalue weighted by molar-refractivity contribution is 6.18. The Morgan fingerprint density at radius 3 is 1.04 bits per heavy atom. The van der Waals surface area contributed by atoms with E-state index in [9.17, 15) is 0 Å². The van der Waals surface area contributed by atoms with Gasteiger partial charge in [0.2, 0.25) is 0 Å². The van der Waals surface area contributed by atoms with E-state index in [2.05, 4.69) is 112 Å². The molecule has 4 nitrogen and oxygen atoms in total. The molecule has 0 saturated carbocycles. The van der Waals surface area contributed by atoms with Gasteiger partial charge >= 0.3 is 0 Å². The zero-order valence-electron chi connectivity index (χ0n) is 17.3. The molecule has 26 heavy (non-hydrogen) atoms. The molecule has 0 amide bonds. The van der Waals surface area contributed by atoms with Crippen molar-refractivity contribution in [1.82, 2.24) is 0 Å². The molecule has 0 unspecified atom stereocenters. The molecule has 0 aliphatic carbocycles. The molecule has 0 bridgehead atoms. The minimum absolute atomic E-state index is 1.24. The Labute approximate surface area is 157 Å². The molecule has 0 fully saturated rings. The second-order valence-corrected chi connectivity index (χ2v) is 7.72. The summed E-state index contributed by atoms with van der Waals surface area (Å²) < 4.78 is 0. The Balaban J connectivity index is 2.64. The molecule has 0 radical (unpaired) electrons. The van der Waals surface area contributed by atoms with Gasteiger partial charge in [-0.05, 0) is 22.9 Å². The highest BCUT2D eigenvalue weighted by Gasteiger charge is 2.24. The Morgan fingerprint density at radius 1 is 0.462 bits per heavy atom. The maximum atomic E-state index is 2.33. The Morgan fingerprint density at radius 2 is 0.769 bits per heavy atom. The van der Waals surface area contributed by atoms with E-state index in [1.165, 1.54) is 44.3 Å². The van der Waals surface area contributed by atoms with Crippen LogP contribution in [0.2, 0.25) is 0 Å².